The first-order valence-electron chi connectivity index (χ1n) is 9.47. The van der Waals surface area contributed by atoms with Crippen molar-refractivity contribution < 1.29 is 9.18 Å². The highest BCUT2D eigenvalue weighted by molar-refractivity contribution is 5.96. The summed E-state index contributed by atoms with van der Waals surface area (Å²) in [5, 5.41) is 0. The van der Waals surface area contributed by atoms with Crippen LogP contribution in [0.3, 0.4) is 0 Å². The van der Waals surface area contributed by atoms with Gasteiger partial charge in [-0.1, -0.05) is 50.2 Å². The van der Waals surface area contributed by atoms with E-state index in [9.17, 15) is 9.18 Å². The number of rotatable bonds is 4. The number of fused-ring (bicyclic) bond motifs is 1. The van der Waals surface area contributed by atoms with Crippen molar-refractivity contribution in [3.8, 4) is 0 Å². The summed E-state index contributed by atoms with van der Waals surface area (Å²) in [5.74, 6) is 0.270. The average Bonchev–Trinajstić information content (AvgIpc) is 3.15. The lowest BCUT2D eigenvalue weighted by Crippen LogP contribution is -2.38. The smallest absolute Gasteiger partial charge is 0.319 e. The SMILES string of the molecule is CC(C)CN1C(=O)N(c2ccccc2)[C@@H]2[C@H](c3ccccc3F)CC[C@@H]21. The maximum Gasteiger partial charge on any atom is 0.325 e. The molecule has 1 heterocycles. The van der Waals surface area contributed by atoms with Crippen molar-refractivity contribution in [2.24, 2.45) is 5.92 Å². The number of hydrogen-bond donors (Lipinski definition) is 0. The standard InChI is InChI=1S/C22H25FN2O/c1-15(2)14-24-20-13-12-18(17-10-6-7-11-19(17)23)21(20)25(22(24)26)16-8-4-3-5-9-16/h3-11,15,18,20-21H,12-14H2,1-2H3/t18-,20-,21+/m0/s1. The summed E-state index contributed by atoms with van der Waals surface area (Å²) in [7, 11) is 0. The first kappa shape index (κ1) is 17.1. The molecule has 0 N–H and O–H groups in total. The molecule has 2 amide bonds. The molecule has 0 spiro atoms. The minimum Gasteiger partial charge on any atom is -0.319 e. The van der Waals surface area contributed by atoms with E-state index in [1.165, 1.54) is 6.07 Å². The highest BCUT2D eigenvalue weighted by atomic mass is 19.1. The summed E-state index contributed by atoms with van der Waals surface area (Å²) < 4.78 is 14.5. The van der Waals surface area contributed by atoms with E-state index >= 15 is 0 Å². The molecule has 136 valence electrons. The molecule has 0 unspecified atom stereocenters. The molecular formula is C22H25FN2O. The van der Waals surface area contributed by atoms with Crippen LogP contribution in [-0.2, 0) is 0 Å². The van der Waals surface area contributed by atoms with E-state index in [4.69, 9.17) is 0 Å². The second-order valence-electron chi connectivity index (χ2n) is 7.80. The van der Waals surface area contributed by atoms with Gasteiger partial charge in [-0.3, -0.25) is 4.90 Å². The fourth-order valence-corrected chi connectivity index (χ4v) is 4.65. The normalized spacial score (nSPS) is 25.2. The van der Waals surface area contributed by atoms with Crippen LogP contribution in [-0.4, -0.2) is 29.6 Å². The van der Waals surface area contributed by atoms with Gasteiger partial charge in [0.2, 0.25) is 0 Å². The molecule has 2 aromatic carbocycles. The van der Waals surface area contributed by atoms with Crippen molar-refractivity contribution in [1.29, 1.82) is 0 Å². The number of amides is 2. The van der Waals surface area contributed by atoms with Crippen LogP contribution in [0.25, 0.3) is 0 Å². The van der Waals surface area contributed by atoms with Crippen molar-refractivity contribution in [3.05, 3.63) is 66.0 Å². The zero-order valence-corrected chi connectivity index (χ0v) is 15.3. The van der Waals surface area contributed by atoms with Crippen LogP contribution in [0.15, 0.2) is 54.6 Å². The lowest BCUT2D eigenvalue weighted by molar-refractivity contribution is 0.195. The number of urea groups is 1. The molecule has 2 fully saturated rings. The highest BCUT2D eigenvalue weighted by Crippen LogP contribution is 2.46. The zero-order chi connectivity index (χ0) is 18.3. The van der Waals surface area contributed by atoms with Crippen molar-refractivity contribution >= 4 is 11.7 Å². The van der Waals surface area contributed by atoms with E-state index in [-0.39, 0.29) is 29.8 Å². The van der Waals surface area contributed by atoms with Crippen molar-refractivity contribution in [2.75, 3.05) is 11.4 Å². The number of carbonyl (C=O) groups excluding carboxylic acids is 1. The zero-order valence-electron chi connectivity index (χ0n) is 15.3. The van der Waals surface area contributed by atoms with Gasteiger partial charge in [0.05, 0.1) is 12.1 Å². The molecule has 1 aliphatic heterocycles. The molecule has 1 saturated carbocycles. The third-order valence-electron chi connectivity index (χ3n) is 5.63. The van der Waals surface area contributed by atoms with Gasteiger partial charge in [-0.15, -0.1) is 0 Å². The van der Waals surface area contributed by atoms with Gasteiger partial charge in [0, 0.05) is 18.2 Å². The molecule has 4 heteroatoms. The lowest BCUT2D eigenvalue weighted by Gasteiger charge is -2.28. The second-order valence-corrected chi connectivity index (χ2v) is 7.80. The van der Waals surface area contributed by atoms with Crippen LogP contribution < -0.4 is 4.90 Å². The predicted octanol–water partition coefficient (Wildman–Crippen LogP) is 5.04. The van der Waals surface area contributed by atoms with Gasteiger partial charge in [-0.05, 0) is 42.5 Å². The van der Waals surface area contributed by atoms with E-state index in [2.05, 4.69) is 13.8 Å². The molecule has 2 aliphatic rings. The topological polar surface area (TPSA) is 23.6 Å². The highest BCUT2D eigenvalue weighted by Gasteiger charge is 2.53. The van der Waals surface area contributed by atoms with Crippen LogP contribution in [0.4, 0.5) is 14.9 Å². The third-order valence-corrected chi connectivity index (χ3v) is 5.63. The van der Waals surface area contributed by atoms with E-state index < -0.39 is 0 Å². The van der Waals surface area contributed by atoms with Crippen LogP contribution in [0.2, 0.25) is 0 Å². The van der Waals surface area contributed by atoms with Gasteiger partial charge in [-0.25, -0.2) is 9.18 Å². The Morgan fingerprint density at radius 1 is 1.04 bits per heavy atom. The molecule has 3 atom stereocenters. The van der Waals surface area contributed by atoms with Crippen LogP contribution >= 0.6 is 0 Å². The summed E-state index contributed by atoms with van der Waals surface area (Å²) in [6.45, 7) is 5.01. The Morgan fingerprint density at radius 3 is 2.42 bits per heavy atom. The Kier molecular flexibility index (Phi) is 4.43. The van der Waals surface area contributed by atoms with Crippen molar-refractivity contribution in [3.63, 3.8) is 0 Å². The number of hydrogen-bond acceptors (Lipinski definition) is 1. The number of anilines is 1. The first-order valence-corrected chi connectivity index (χ1v) is 9.47. The van der Waals surface area contributed by atoms with Crippen LogP contribution in [0.5, 0.6) is 0 Å². The maximum atomic E-state index is 14.5. The van der Waals surface area contributed by atoms with E-state index in [1.54, 1.807) is 6.07 Å². The number of para-hydroxylation sites is 1. The Morgan fingerprint density at radius 2 is 1.73 bits per heavy atom. The Hall–Kier alpha value is -2.36. The van der Waals surface area contributed by atoms with Crippen molar-refractivity contribution in [2.45, 2.75) is 44.7 Å². The van der Waals surface area contributed by atoms with E-state index in [0.717, 1.165) is 30.6 Å². The van der Waals surface area contributed by atoms with E-state index in [1.807, 2.05) is 52.3 Å². The quantitative estimate of drug-likeness (QED) is 0.756. The maximum absolute atomic E-state index is 14.5. The number of benzene rings is 2. The summed E-state index contributed by atoms with van der Waals surface area (Å²) in [5.41, 5.74) is 1.64. The Balaban J connectivity index is 1.76. The van der Waals surface area contributed by atoms with Gasteiger partial charge in [-0.2, -0.15) is 0 Å². The third kappa shape index (κ3) is 2.77. The summed E-state index contributed by atoms with van der Waals surface area (Å²) in [4.78, 5) is 17.2. The molecule has 2 aromatic rings. The second kappa shape index (κ2) is 6.75. The number of nitrogens with zero attached hydrogens (tertiary/aromatic N) is 2. The van der Waals surface area contributed by atoms with Gasteiger partial charge >= 0.3 is 6.03 Å². The van der Waals surface area contributed by atoms with Gasteiger partial charge < -0.3 is 4.90 Å². The summed E-state index contributed by atoms with van der Waals surface area (Å²) in [6, 6.07) is 17.0. The van der Waals surface area contributed by atoms with Crippen LogP contribution in [0, 0.1) is 11.7 Å². The largest absolute Gasteiger partial charge is 0.325 e. The molecular weight excluding hydrogens is 327 g/mol. The Labute approximate surface area is 154 Å². The van der Waals surface area contributed by atoms with Crippen molar-refractivity contribution in [1.82, 2.24) is 4.90 Å². The molecule has 0 bridgehead atoms. The van der Waals surface area contributed by atoms with Gasteiger partial charge in [0.25, 0.3) is 0 Å². The minimum atomic E-state index is -0.166. The fourth-order valence-electron chi connectivity index (χ4n) is 4.65. The van der Waals surface area contributed by atoms with Gasteiger partial charge in [0.15, 0.2) is 0 Å². The number of halogens is 1. The van der Waals surface area contributed by atoms with Gasteiger partial charge in [0.1, 0.15) is 5.82 Å². The molecule has 0 aromatic heterocycles. The first-order chi connectivity index (χ1) is 12.6. The van der Waals surface area contributed by atoms with Crippen LogP contribution in [0.1, 0.15) is 38.2 Å². The Bertz CT molecular complexity index is 792. The van der Waals surface area contributed by atoms with E-state index in [0.29, 0.717) is 5.92 Å². The molecule has 4 rings (SSSR count). The number of carbonyl (C=O) groups is 1. The molecule has 0 radical (unpaired) electrons. The molecule has 1 saturated heterocycles. The molecule has 26 heavy (non-hydrogen) atoms. The minimum absolute atomic E-state index is 0.0134. The lowest BCUT2D eigenvalue weighted by atomic mass is 9.92. The average molecular weight is 352 g/mol. The summed E-state index contributed by atoms with van der Waals surface area (Å²) in [6.07, 6.45) is 1.83. The fraction of sp³-hybridized carbons (Fsp3) is 0.409. The monoisotopic (exact) mass is 352 g/mol. The molecule has 3 nitrogen and oxygen atoms in total. The summed E-state index contributed by atoms with van der Waals surface area (Å²) >= 11 is 0. The predicted molar refractivity (Wildman–Crippen MR) is 102 cm³/mol. The molecule has 1 aliphatic carbocycles.